The van der Waals surface area contributed by atoms with Gasteiger partial charge in [-0.15, -0.1) is 0 Å². The molecule has 0 aliphatic carbocycles. The number of nitrogens with one attached hydrogen (secondary N) is 1. The van der Waals surface area contributed by atoms with Crippen LogP contribution in [0.5, 0.6) is 0 Å². The molecule has 3 aromatic rings. The number of aliphatic imine (C=N–C) groups is 1. The SMILES string of the molecule is N#CC1c2nc3ccccc3n2C2=NC(=O)NC(c3ccc([N+](=O)[O-])cc3)C21. The van der Waals surface area contributed by atoms with Gasteiger partial charge in [-0.05, 0) is 17.7 Å². The summed E-state index contributed by atoms with van der Waals surface area (Å²) >= 11 is 0. The van der Waals surface area contributed by atoms with Gasteiger partial charge in [0.25, 0.3) is 5.69 Å². The van der Waals surface area contributed by atoms with Gasteiger partial charge in [-0.3, -0.25) is 14.7 Å². The monoisotopic (exact) mass is 372 g/mol. The number of nitrogens with zero attached hydrogens (tertiary/aromatic N) is 5. The number of rotatable bonds is 2. The summed E-state index contributed by atoms with van der Waals surface area (Å²) in [6, 6.07) is 14.7. The van der Waals surface area contributed by atoms with E-state index in [2.05, 4.69) is 21.4 Å². The summed E-state index contributed by atoms with van der Waals surface area (Å²) in [5.74, 6) is -0.0126. The molecule has 9 nitrogen and oxygen atoms in total. The van der Waals surface area contributed by atoms with Gasteiger partial charge < -0.3 is 5.32 Å². The number of hydrogen-bond donors (Lipinski definition) is 1. The van der Waals surface area contributed by atoms with Crippen molar-refractivity contribution in [3.05, 3.63) is 70.0 Å². The minimum atomic E-state index is -0.605. The van der Waals surface area contributed by atoms with Crippen LogP contribution in [0.2, 0.25) is 0 Å². The highest BCUT2D eigenvalue weighted by Gasteiger charge is 2.48. The van der Waals surface area contributed by atoms with E-state index in [1.807, 2.05) is 24.3 Å². The normalized spacial score (nSPS) is 22.8. The molecule has 5 rings (SSSR count). The number of fused-ring (bicyclic) bond motifs is 5. The highest BCUT2D eigenvalue weighted by molar-refractivity contribution is 6.06. The van der Waals surface area contributed by atoms with Crippen LogP contribution in [0, 0.1) is 27.4 Å². The topological polar surface area (TPSA) is 126 Å². The minimum absolute atomic E-state index is 0.0399. The van der Waals surface area contributed by atoms with Crippen molar-refractivity contribution in [1.29, 1.82) is 5.26 Å². The van der Waals surface area contributed by atoms with Crippen molar-refractivity contribution < 1.29 is 9.72 Å². The largest absolute Gasteiger partial charge is 0.343 e. The van der Waals surface area contributed by atoms with Crippen LogP contribution in [0.4, 0.5) is 10.5 Å². The number of aromatic nitrogens is 2. The maximum Gasteiger partial charge on any atom is 0.343 e. The maximum absolute atomic E-state index is 12.3. The maximum atomic E-state index is 12.3. The molecule has 136 valence electrons. The molecule has 0 fully saturated rings. The molecular formula is C19H12N6O3. The van der Waals surface area contributed by atoms with Crippen molar-refractivity contribution in [3.63, 3.8) is 0 Å². The van der Waals surface area contributed by atoms with E-state index in [9.17, 15) is 20.2 Å². The summed E-state index contributed by atoms with van der Waals surface area (Å²) in [6.45, 7) is 0. The second kappa shape index (κ2) is 5.72. The standard InChI is InChI=1S/C19H12N6O3/c20-9-12-15-16(10-5-7-11(8-6-10)25(27)28)22-19(26)23-18(15)24-14-4-2-1-3-13(14)21-17(12)24/h1-8,12,15-16H,(H,22,26). The first-order valence-electron chi connectivity index (χ1n) is 8.59. The lowest BCUT2D eigenvalue weighted by atomic mass is 9.83. The van der Waals surface area contributed by atoms with Crippen molar-refractivity contribution in [3.8, 4) is 6.07 Å². The van der Waals surface area contributed by atoms with Gasteiger partial charge in [-0.1, -0.05) is 24.3 Å². The molecule has 2 amide bonds. The third kappa shape index (κ3) is 2.15. The minimum Gasteiger partial charge on any atom is -0.329 e. The van der Waals surface area contributed by atoms with Gasteiger partial charge in [-0.2, -0.15) is 10.3 Å². The second-order valence-corrected chi connectivity index (χ2v) is 6.67. The first kappa shape index (κ1) is 16.1. The number of urea groups is 1. The van der Waals surface area contributed by atoms with E-state index in [4.69, 9.17) is 0 Å². The number of carbonyl (C=O) groups excluding carboxylic acids is 1. The van der Waals surface area contributed by atoms with Crippen LogP contribution >= 0.6 is 0 Å². The lowest BCUT2D eigenvalue weighted by molar-refractivity contribution is -0.384. The number of amides is 2. The van der Waals surface area contributed by atoms with E-state index in [1.165, 1.54) is 12.1 Å². The Morgan fingerprint density at radius 1 is 1.18 bits per heavy atom. The zero-order valence-electron chi connectivity index (χ0n) is 14.3. The summed E-state index contributed by atoms with van der Waals surface area (Å²) in [4.78, 5) is 31.5. The summed E-state index contributed by atoms with van der Waals surface area (Å²) in [6.07, 6.45) is 0. The molecule has 0 bridgehead atoms. The molecule has 28 heavy (non-hydrogen) atoms. The predicted octanol–water partition coefficient (Wildman–Crippen LogP) is 2.89. The van der Waals surface area contributed by atoms with Crippen LogP contribution in [0.25, 0.3) is 11.0 Å². The Morgan fingerprint density at radius 2 is 1.93 bits per heavy atom. The van der Waals surface area contributed by atoms with Crippen LogP contribution in [0.15, 0.2) is 53.5 Å². The average molecular weight is 372 g/mol. The lowest BCUT2D eigenvalue weighted by Crippen LogP contribution is -2.42. The van der Waals surface area contributed by atoms with Gasteiger partial charge in [-0.25, -0.2) is 9.78 Å². The molecular weight excluding hydrogens is 360 g/mol. The molecule has 2 aromatic carbocycles. The Labute approximate surface area is 158 Å². The molecule has 2 aliphatic heterocycles. The Bertz CT molecular complexity index is 1220. The molecule has 0 spiro atoms. The number of nitro groups is 1. The fraction of sp³-hybridized carbons (Fsp3) is 0.158. The number of imidazole rings is 1. The lowest BCUT2D eigenvalue weighted by Gasteiger charge is -2.29. The average Bonchev–Trinajstić information content (AvgIpc) is 3.22. The van der Waals surface area contributed by atoms with E-state index in [1.54, 1.807) is 16.7 Å². The number of para-hydroxylation sites is 2. The third-order valence-electron chi connectivity index (χ3n) is 5.21. The summed E-state index contributed by atoms with van der Waals surface area (Å²) in [7, 11) is 0. The first-order valence-corrected chi connectivity index (χ1v) is 8.59. The predicted molar refractivity (Wildman–Crippen MR) is 98.8 cm³/mol. The van der Waals surface area contributed by atoms with E-state index in [0.29, 0.717) is 17.2 Å². The Hall–Kier alpha value is -4.06. The Morgan fingerprint density at radius 3 is 2.64 bits per heavy atom. The highest BCUT2D eigenvalue weighted by Crippen LogP contribution is 2.44. The van der Waals surface area contributed by atoms with E-state index in [-0.39, 0.29) is 5.69 Å². The van der Waals surface area contributed by atoms with Gasteiger partial charge in [0.05, 0.1) is 34.0 Å². The number of hydrogen-bond acceptors (Lipinski definition) is 5. The number of carbonyl (C=O) groups is 1. The fourth-order valence-corrected chi connectivity index (χ4v) is 4.01. The zero-order valence-corrected chi connectivity index (χ0v) is 14.3. The molecule has 0 saturated carbocycles. The van der Waals surface area contributed by atoms with E-state index in [0.717, 1.165) is 11.0 Å². The third-order valence-corrected chi connectivity index (χ3v) is 5.21. The van der Waals surface area contributed by atoms with Crippen LogP contribution < -0.4 is 5.32 Å². The Kier molecular flexibility index (Phi) is 3.30. The number of nitro benzene ring substituents is 1. The molecule has 0 radical (unpaired) electrons. The van der Waals surface area contributed by atoms with Crippen molar-refractivity contribution in [2.45, 2.75) is 12.0 Å². The molecule has 1 aromatic heterocycles. The van der Waals surface area contributed by atoms with Crippen LogP contribution in [-0.2, 0) is 0 Å². The molecule has 1 N–H and O–H groups in total. The molecule has 3 heterocycles. The van der Waals surface area contributed by atoms with Crippen LogP contribution in [-0.4, -0.2) is 26.3 Å². The molecule has 9 heteroatoms. The van der Waals surface area contributed by atoms with Crippen molar-refractivity contribution >= 4 is 28.6 Å². The molecule has 0 saturated heterocycles. The second-order valence-electron chi connectivity index (χ2n) is 6.67. The van der Waals surface area contributed by atoms with Gasteiger partial charge in [0.2, 0.25) is 0 Å². The summed E-state index contributed by atoms with van der Waals surface area (Å²) < 4.78 is 1.78. The number of nitriles is 1. The van der Waals surface area contributed by atoms with Gasteiger partial charge in [0.1, 0.15) is 17.6 Å². The van der Waals surface area contributed by atoms with E-state index >= 15 is 0 Å². The number of non-ortho nitro benzene ring substituents is 1. The Balaban J connectivity index is 1.66. The van der Waals surface area contributed by atoms with Gasteiger partial charge in [0.15, 0.2) is 0 Å². The number of benzene rings is 2. The smallest absolute Gasteiger partial charge is 0.329 e. The van der Waals surface area contributed by atoms with Crippen LogP contribution in [0.1, 0.15) is 23.3 Å². The summed E-state index contributed by atoms with van der Waals surface area (Å²) in [5.41, 5.74) is 2.15. The first-order chi connectivity index (χ1) is 13.6. The van der Waals surface area contributed by atoms with Crippen molar-refractivity contribution in [1.82, 2.24) is 14.9 Å². The van der Waals surface area contributed by atoms with Crippen LogP contribution in [0.3, 0.4) is 0 Å². The van der Waals surface area contributed by atoms with E-state index < -0.39 is 28.8 Å². The molecule has 3 unspecified atom stereocenters. The molecule has 2 aliphatic rings. The van der Waals surface area contributed by atoms with Gasteiger partial charge >= 0.3 is 6.03 Å². The van der Waals surface area contributed by atoms with Crippen molar-refractivity contribution in [2.24, 2.45) is 10.9 Å². The summed E-state index contributed by atoms with van der Waals surface area (Å²) in [5, 5.41) is 23.6. The quantitative estimate of drug-likeness (QED) is 0.547. The fourth-order valence-electron chi connectivity index (χ4n) is 4.01. The van der Waals surface area contributed by atoms with Gasteiger partial charge in [0, 0.05) is 12.1 Å². The van der Waals surface area contributed by atoms with Crippen molar-refractivity contribution in [2.75, 3.05) is 0 Å². The molecule has 3 atom stereocenters. The highest BCUT2D eigenvalue weighted by atomic mass is 16.6. The zero-order chi connectivity index (χ0) is 19.4.